The molecule has 1 atom stereocenters. The summed E-state index contributed by atoms with van der Waals surface area (Å²) in [6, 6.07) is 28.6. The first-order chi connectivity index (χ1) is 14.9. The molecule has 1 heterocycles. The molecule has 31 heavy (non-hydrogen) atoms. The third-order valence-electron chi connectivity index (χ3n) is 6.30. The van der Waals surface area contributed by atoms with Crippen LogP contribution in [0, 0.1) is 0 Å². The van der Waals surface area contributed by atoms with Gasteiger partial charge in [-0.15, -0.1) is 0 Å². The van der Waals surface area contributed by atoms with E-state index in [1.165, 1.54) is 22.3 Å². The van der Waals surface area contributed by atoms with Crippen molar-refractivity contribution in [1.82, 2.24) is 9.80 Å². The predicted octanol–water partition coefficient (Wildman–Crippen LogP) is 6.54. The van der Waals surface area contributed by atoms with Gasteiger partial charge in [-0.3, -0.25) is 9.80 Å². The van der Waals surface area contributed by atoms with Crippen molar-refractivity contribution >= 4 is 11.6 Å². The molecule has 1 saturated heterocycles. The Labute approximate surface area is 192 Å². The molecule has 1 aliphatic heterocycles. The van der Waals surface area contributed by atoms with E-state index in [2.05, 4.69) is 97.3 Å². The third kappa shape index (κ3) is 5.57. The molecule has 3 heteroatoms. The molecule has 0 aromatic heterocycles. The Morgan fingerprint density at radius 2 is 1.32 bits per heavy atom. The molecule has 4 rings (SSSR count). The van der Waals surface area contributed by atoms with Crippen LogP contribution in [0.25, 0.3) is 0 Å². The lowest BCUT2D eigenvalue weighted by Crippen LogP contribution is -2.47. The summed E-state index contributed by atoms with van der Waals surface area (Å²) >= 11 is 6.16. The Bertz CT molecular complexity index is 951. The van der Waals surface area contributed by atoms with E-state index in [0.717, 1.165) is 37.7 Å². The maximum Gasteiger partial charge on any atom is 0.0602 e. The maximum atomic E-state index is 6.16. The van der Waals surface area contributed by atoms with Gasteiger partial charge in [0.05, 0.1) is 6.04 Å². The number of benzene rings is 3. The highest BCUT2D eigenvalue weighted by molar-refractivity contribution is 6.30. The number of nitrogens with zero attached hydrogens (tertiary/aromatic N) is 2. The van der Waals surface area contributed by atoms with E-state index in [0.29, 0.717) is 0 Å². The largest absolute Gasteiger partial charge is 0.297 e. The van der Waals surface area contributed by atoms with Crippen molar-refractivity contribution in [1.29, 1.82) is 0 Å². The van der Waals surface area contributed by atoms with Crippen LogP contribution in [0.5, 0.6) is 0 Å². The number of hydrogen-bond donors (Lipinski definition) is 0. The number of hydrogen-bond acceptors (Lipinski definition) is 2. The van der Waals surface area contributed by atoms with Gasteiger partial charge in [0.2, 0.25) is 0 Å². The molecule has 0 aliphatic carbocycles. The standard InChI is InChI=1S/C28H33ClN2/c1-28(2,3)25-13-9-22(10-14-25)21-30-17-19-31(20-18-30)27(23-7-5-4-6-8-23)24-11-15-26(29)16-12-24/h4-16,27H,17-21H2,1-3H3/i4+1,5+1,6+1,7+1,8+1,23+1. The zero-order valence-electron chi connectivity index (χ0n) is 18.9. The highest BCUT2D eigenvalue weighted by atomic mass is 35.5. The van der Waals surface area contributed by atoms with Gasteiger partial charge in [0.25, 0.3) is 0 Å². The van der Waals surface area contributed by atoms with Crippen molar-refractivity contribution in [3.8, 4) is 0 Å². The van der Waals surface area contributed by atoms with Crippen LogP contribution in [-0.2, 0) is 12.0 Å². The molecule has 1 fully saturated rings. The first-order valence-electron chi connectivity index (χ1n) is 11.3. The monoisotopic (exact) mass is 438 g/mol. The zero-order chi connectivity index (χ0) is 21.8. The Kier molecular flexibility index (Phi) is 6.81. The number of halogens is 1. The molecule has 0 spiro atoms. The molecule has 0 radical (unpaired) electrons. The number of rotatable bonds is 5. The molecule has 1 unspecified atom stereocenters. The van der Waals surface area contributed by atoms with Gasteiger partial charge in [0.1, 0.15) is 0 Å². The maximum absolute atomic E-state index is 6.16. The summed E-state index contributed by atoms with van der Waals surface area (Å²) in [7, 11) is 0. The van der Waals surface area contributed by atoms with E-state index in [1.807, 2.05) is 12.1 Å². The second kappa shape index (κ2) is 9.56. The summed E-state index contributed by atoms with van der Waals surface area (Å²) in [6.45, 7) is 12.1. The highest BCUT2D eigenvalue weighted by Crippen LogP contribution is 2.30. The smallest absolute Gasteiger partial charge is 0.0602 e. The van der Waals surface area contributed by atoms with Crippen molar-refractivity contribution in [2.45, 2.75) is 38.8 Å². The zero-order valence-corrected chi connectivity index (χ0v) is 19.6. The summed E-state index contributed by atoms with van der Waals surface area (Å²) < 4.78 is 0. The molecule has 0 N–H and O–H groups in total. The van der Waals surface area contributed by atoms with E-state index in [1.54, 1.807) is 0 Å². The predicted molar refractivity (Wildman–Crippen MR) is 132 cm³/mol. The van der Waals surface area contributed by atoms with Gasteiger partial charge in [-0.2, -0.15) is 0 Å². The second-order valence-corrected chi connectivity index (χ2v) is 10.1. The molecular formula is C28H33ClN2. The first kappa shape index (κ1) is 22.1. The fourth-order valence-corrected chi connectivity index (χ4v) is 4.57. The summed E-state index contributed by atoms with van der Waals surface area (Å²) in [5, 5.41) is 0.790. The van der Waals surface area contributed by atoms with Gasteiger partial charge in [-0.1, -0.05) is 99.1 Å². The van der Waals surface area contributed by atoms with Gasteiger partial charge in [-0.25, -0.2) is 0 Å². The van der Waals surface area contributed by atoms with Crippen molar-refractivity contribution in [2.24, 2.45) is 0 Å². The molecule has 3 aromatic rings. The highest BCUT2D eigenvalue weighted by Gasteiger charge is 2.26. The molecule has 0 saturated carbocycles. The fourth-order valence-electron chi connectivity index (χ4n) is 4.44. The minimum atomic E-state index is 0.207. The van der Waals surface area contributed by atoms with Crippen LogP contribution in [0.4, 0.5) is 0 Å². The topological polar surface area (TPSA) is 6.48 Å². The normalized spacial score (nSPS) is 16.9. The van der Waals surface area contributed by atoms with Crippen LogP contribution < -0.4 is 0 Å². The van der Waals surface area contributed by atoms with Crippen LogP contribution in [0.3, 0.4) is 0 Å². The van der Waals surface area contributed by atoms with Crippen LogP contribution in [-0.4, -0.2) is 36.0 Å². The van der Waals surface area contributed by atoms with Crippen molar-refractivity contribution in [2.75, 3.05) is 26.2 Å². The molecule has 2 nitrogen and oxygen atoms in total. The minimum Gasteiger partial charge on any atom is -0.297 e. The second-order valence-electron chi connectivity index (χ2n) is 9.62. The minimum absolute atomic E-state index is 0.207. The van der Waals surface area contributed by atoms with Crippen LogP contribution in [0.1, 0.15) is 49.1 Å². The van der Waals surface area contributed by atoms with E-state index >= 15 is 0 Å². The Hall–Kier alpha value is -2.13. The van der Waals surface area contributed by atoms with Gasteiger partial charge < -0.3 is 0 Å². The molecule has 0 amide bonds. The van der Waals surface area contributed by atoms with Gasteiger partial charge >= 0.3 is 0 Å². The molecule has 1 aliphatic rings. The SMILES string of the molecule is CC(C)(C)c1ccc(CN2CCN(C(c3ccc(Cl)cc3)[13c]3[13cH][13cH][13cH][13cH][13cH]3)CC2)cc1. The van der Waals surface area contributed by atoms with Crippen molar-refractivity contribution in [3.63, 3.8) is 0 Å². The van der Waals surface area contributed by atoms with Crippen molar-refractivity contribution in [3.05, 3.63) is 106 Å². The average molecular weight is 439 g/mol. The molecule has 0 bridgehead atoms. The molecule has 3 aromatic carbocycles. The lowest BCUT2D eigenvalue weighted by molar-refractivity contribution is 0.105. The Morgan fingerprint density at radius 1 is 0.742 bits per heavy atom. The lowest BCUT2D eigenvalue weighted by Gasteiger charge is -2.40. The van der Waals surface area contributed by atoms with E-state index in [9.17, 15) is 0 Å². The van der Waals surface area contributed by atoms with Crippen LogP contribution >= 0.6 is 11.6 Å². The van der Waals surface area contributed by atoms with E-state index in [-0.39, 0.29) is 11.5 Å². The van der Waals surface area contributed by atoms with E-state index in [4.69, 9.17) is 11.6 Å². The number of piperazine rings is 1. The quantitative estimate of drug-likeness (QED) is 0.446. The third-order valence-corrected chi connectivity index (χ3v) is 6.55. The summed E-state index contributed by atoms with van der Waals surface area (Å²) in [5.74, 6) is 0. The first-order valence-corrected chi connectivity index (χ1v) is 11.6. The van der Waals surface area contributed by atoms with Crippen LogP contribution in [0.2, 0.25) is 5.02 Å². The fraction of sp³-hybridized carbons (Fsp3) is 0.357. The Balaban J connectivity index is 1.44. The lowest BCUT2D eigenvalue weighted by atomic mass is 9.87. The van der Waals surface area contributed by atoms with Gasteiger partial charge in [0, 0.05) is 37.7 Å². The van der Waals surface area contributed by atoms with Crippen molar-refractivity contribution < 1.29 is 0 Å². The van der Waals surface area contributed by atoms with Gasteiger partial charge in [0.15, 0.2) is 0 Å². The van der Waals surface area contributed by atoms with Crippen LogP contribution in [0.15, 0.2) is 78.9 Å². The summed E-state index contributed by atoms with van der Waals surface area (Å²) in [6.07, 6.45) is 0. The van der Waals surface area contributed by atoms with Gasteiger partial charge in [-0.05, 0) is 39.8 Å². The Morgan fingerprint density at radius 3 is 1.90 bits per heavy atom. The average Bonchev–Trinajstić information content (AvgIpc) is 2.77. The molecule has 162 valence electrons. The van der Waals surface area contributed by atoms with E-state index < -0.39 is 0 Å². The molecular weight excluding hydrogens is 406 g/mol. The summed E-state index contributed by atoms with van der Waals surface area (Å²) in [5.41, 5.74) is 5.66. The summed E-state index contributed by atoms with van der Waals surface area (Å²) in [4.78, 5) is 5.18.